The van der Waals surface area contributed by atoms with Gasteiger partial charge in [0.2, 0.25) is 11.9 Å². The third-order valence-corrected chi connectivity index (χ3v) is 4.09. The van der Waals surface area contributed by atoms with Crippen LogP contribution in [-0.2, 0) is 0 Å². The molecule has 5 nitrogen and oxygen atoms in total. The van der Waals surface area contributed by atoms with Gasteiger partial charge in [0.05, 0.1) is 11.9 Å². The van der Waals surface area contributed by atoms with E-state index in [1.807, 2.05) is 53.9 Å². The monoisotopic (exact) mass is 323 g/mol. The summed E-state index contributed by atoms with van der Waals surface area (Å²) in [7, 11) is 0. The van der Waals surface area contributed by atoms with Crippen LogP contribution in [0.5, 0.6) is 11.5 Å². The van der Waals surface area contributed by atoms with Crippen molar-refractivity contribution in [2.45, 2.75) is 0 Å². The maximum absolute atomic E-state index is 5.34. The summed E-state index contributed by atoms with van der Waals surface area (Å²) >= 11 is 1.52. The zero-order chi connectivity index (χ0) is 15.5. The van der Waals surface area contributed by atoms with Crippen LogP contribution in [0, 0.1) is 0 Å². The first-order chi connectivity index (χ1) is 11.4. The van der Waals surface area contributed by atoms with Gasteiger partial charge in [0.25, 0.3) is 0 Å². The first-order valence-electron chi connectivity index (χ1n) is 7.08. The molecule has 0 spiro atoms. The van der Waals surface area contributed by atoms with Gasteiger partial charge in [0.1, 0.15) is 0 Å². The number of ether oxygens (including phenoxy) is 2. The van der Waals surface area contributed by atoms with Crippen LogP contribution in [0.3, 0.4) is 0 Å². The Hall–Kier alpha value is -2.86. The topological polar surface area (TPSA) is 55.7 Å². The Labute approximate surface area is 137 Å². The Bertz CT molecular complexity index is 846. The molecular formula is C17H13N3O2S. The average molecular weight is 323 g/mol. The Kier molecular flexibility index (Phi) is 3.65. The van der Waals surface area contributed by atoms with Crippen LogP contribution in [-0.4, -0.2) is 18.0 Å². The van der Waals surface area contributed by atoms with Gasteiger partial charge in [-0.15, -0.1) is 11.3 Å². The second kappa shape index (κ2) is 6.10. The number of aromatic nitrogens is 1. The van der Waals surface area contributed by atoms with Crippen molar-refractivity contribution >= 4 is 22.7 Å². The molecule has 0 fully saturated rings. The van der Waals surface area contributed by atoms with Crippen molar-refractivity contribution in [1.82, 2.24) is 4.98 Å². The van der Waals surface area contributed by atoms with Gasteiger partial charge in [0, 0.05) is 10.9 Å². The van der Waals surface area contributed by atoms with Gasteiger partial charge < -0.3 is 9.47 Å². The van der Waals surface area contributed by atoms with E-state index in [4.69, 9.17) is 9.47 Å². The lowest BCUT2D eigenvalue weighted by atomic mass is 10.2. The van der Waals surface area contributed by atoms with E-state index in [2.05, 4.69) is 15.5 Å². The molecule has 1 aliphatic rings. The first-order valence-corrected chi connectivity index (χ1v) is 7.96. The zero-order valence-electron chi connectivity index (χ0n) is 12.1. The van der Waals surface area contributed by atoms with E-state index in [0.29, 0.717) is 0 Å². The molecule has 0 amide bonds. The Morgan fingerprint density at radius 2 is 1.96 bits per heavy atom. The molecule has 6 heteroatoms. The molecule has 1 aliphatic heterocycles. The number of benzene rings is 2. The highest BCUT2D eigenvalue weighted by Crippen LogP contribution is 2.32. The Morgan fingerprint density at radius 1 is 1.09 bits per heavy atom. The maximum Gasteiger partial charge on any atom is 0.231 e. The highest BCUT2D eigenvalue weighted by atomic mass is 32.1. The summed E-state index contributed by atoms with van der Waals surface area (Å²) in [6, 6.07) is 15.8. The number of hydrazone groups is 1. The number of hydrogen-bond donors (Lipinski definition) is 1. The molecule has 2 aromatic carbocycles. The van der Waals surface area contributed by atoms with Crippen LogP contribution in [0.4, 0.5) is 5.13 Å². The van der Waals surface area contributed by atoms with Crippen molar-refractivity contribution in [2.24, 2.45) is 5.10 Å². The van der Waals surface area contributed by atoms with Crippen LogP contribution in [0.25, 0.3) is 11.3 Å². The number of nitrogens with zero attached hydrogens (tertiary/aromatic N) is 2. The van der Waals surface area contributed by atoms with E-state index in [1.54, 1.807) is 6.21 Å². The summed E-state index contributed by atoms with van der Waals surface area (Å²) in [6.45, 7) is 0.273. The molecule has 2 heterocycles. The Balaban J connectivity index is 1.44. The van der Waals surface area contributed by atoms with Gasteiger partial charge in [-0.1, -0.05) is 30.3 Å². The number of rotatable bonds is 4. The minimum absolute atomic E-state index is 0.273. The highest BCUT2D eigenvalue weighted by Gasteiger charge is 2.12. The second-order valence-electron chi connectivity index (χ2n) is 4.89. The molecule has 0 unspecified atom stereocenters. The first kappa shape index (κ1) is 13.8. The van der Waals surface area contributed by atoms with E-state index in [0.717, 1.165) is 33.5 Å². The summed E-state index contributed by atoms with van der Waals surface area (Å²) < 4.78 is 10.6. The Morgan fingerprint density at radius 3 is 2.87 bits per heavy atom. The molecular weight excluding hydrogens is 310 g/mol. The molecule has 1 aromatic heterocycles. The summed E-state index contributed by atoms with van der Waals surface area (Å²) in [5.41, 5.74) is 5.92. The van der Waals surface area contributed by atoms with Gasteiger partial charge in [-0.2, -0.15) is 5.10 Å². The van der Waals surface area contributed by atoms with E-state index in [1.165, 1.54) is 11.3 Å². The fourth-order valence-corrected chi connectivity index (χ4v) is 2.89. The maximum atomic E-state index is 5.34. The predicted molar refractivity (Wildman–Crippen MR) is 91.3 cm³/mol. The third-order valence-electron chi connectivity index (χ3n) is 3.34. The molecule has 0 aliphatic carbocycles. The number of hydrogen-bond acceptors (Lipinski definition) is 6. The van der Waals surface area contributed by atoms with E-state index in [-0.39, 0.29) is 6.79 Å². The van der Waals surface area contributed by atoms with E-state index < -0.39 is 0 Å². The van der Waals surface area contributed by atoms with Crippen LogP contribution >= 0.6 is 11.3 Å². The van der Waals surface area contributed by atoms with E-state index >= 15 is 0 Å². The summed E-state index contributed by atoms with van der Waals surface area (Å²) in [4.78, 5) is 4.52. The van der Waals surface area contributed by atoms with Crippen LogP contribution in [0.15, 0.2) is 59.0 Å². The SMILES string of the molecule is C(=N/Nc1nc(-c2ccccc2)cs1)/c1ccc2c(c1)OCO2. The third kappa shape index (κ3) is 3.02. The van der Waals surface area contributed by atoms with Crippen molar-refractivity contribution in [3.63, 3.8) is 0 Å². The van der Waals surface area contributed by atoms with Crippen molar-refractivity contribution in [2.75, 3.05) is 12.2 Å². The normalized spacial score (nSPS) is 12.7. The molecule has 0 atom stereocenters. The second-order valence-corrected chi connectivity index (χ2v) is 5.74. The fraction of sp³-hybridized carbons (Fsp3) is 0.0588. The van der Waals surface area contributed by atoms with Crippen LogP contribution < -0.4 is 14.9 Å². The smallest absolute Gasteiger partial charge is 0.231 e. The number of nitrogens with one attached hydrogen (secondary N) is 1. The molecule has 0 saturated heterocycles. The molecule has 23 heavy (non-hydrogen) atoms. The van der Waals surface area contributed by atoms with Gasteiger partial charge in [0.15, 0.2) is 11.5 Å². The molecule has 0 saturated carbocycles. The quantitative estimate of drug-likeness (QED) is 0.583. The summed E-state index contributed by atoms with van der Waals surface area (Å²) in [5.74, 6) is 1.51. The molecule has 0 radical (unpaired) electrons. The van der Waals surface area contributed by atoms with E-state index in [9.17, 15) is 0 Å². The van der Waals surface area contributed by atoms with Crippen molar-refractivity contribution in [1.29, 1.82) is 0 Å². The van der Waals surface area contributed by atoms with Gasteiger partial charge in [-0.3, -0.25) is 5.43 Å². The largest absolute Gasteiger partial charge is 0.454 e. The number of fused-ring (bicyclic) bond motifs is 1. The standard InChI is InChI=1S/C17H13N3O2S/c1-2-4-13(5-3-1)14-10-23-17(19-14)20-18-9-12-6-7-15-16(8-12)22-11-21-15/h1-10H,11H2,(H,19,20)/b18-9-. The number of anilines is 1. The molecule has 114 valence electrons. The van der Waals surface area contributed by atoms with Crippen molar-refractivity contribution < 1.29 is 9.47 Å². The van der Waals surface area contributed by atoms with Gasteiger partial charge in [-0.05, 0) is 23.8 Å². The average Bonchev–Trinajstić information content (AvgIpc) is 3.24. The zero-order valence-corrected chi connectivity index (χ0v) is 12.9. The lowest BCUT2D eigenvalue weighted by Crippen LogP contribution is -1.93. The highest BCUT2D eigenvalue weighted by molar-refractivity contribution is 7.14. The summed E-state index contributed by atoms with van der Waals surface area (Å²) in [6.07, 6.45) is 1.73. The van der Waals surface area contributed by atoms with Crippen molar-refractivity contribution in [3.05, 3.63) is 59.5 Å². The minimum atomic E-state index is 0.273. The molecule has 4 rings (SSSR count). The lowest BCUT2D eigenvalue weighted by Gasteiger charge is -1.98. The van der Waals surface area contributed by atoms with Crippen molar-refractivity contribution in [3.8, 4) is 22.8 Å². The molecule has 1 N–H and O–H groups in total. The van der Waals surface area contributed by atoms with Crippen LogP contribution in [0.2, 0.25) is 0 Å². The lowest BCUT2D eigenvalue weighted by molar-refractivity contribution is 0.174. The van der Waals surface area contributed by atoms with Gasteiger partial charge in [-0.25, -0.2) is 4.98 Å². The fourth-order valence-electron chi connectivity index (χ4n) is 2.22. The van der Waals surface area contributed by atoms with Crippen LogP contribution in [0.1, 0.15) is 5.56 Å². The number of thiazole rings is 1. The summed E-state index contributed by atoms with van der Waals surface area (Å²) in [5, 5.41) is 6.98. The predicted octanol–water partition coefficient (Wildman–Crippen LogP) is 3.98. The minimum Gasteiger partial charge on any atom is -0.454 e. The molecule has 0 bridgehead atoms. The van der Waals surface area contributed by atoms with Gasteiger partial charge >= 0.3 is 0 Å². The molecule has 3 aromatic rings.